The van der Waals surface area contributed by atoms with Crippen LogP contribution in [0.15, 0.2) is 28.5 Å². The number of carbonyl (C=O) groups is 1. The molecule has 0 fully saturated rings. The van der Waals surface area contributed by atoms with E-state index in [1.54, 1.807) is 12.1 Å². The van der Waals surface area contributed by atoms with Crippen molar-refractivity contribution in [2.75, 3.05) is 19.6 Å². The van der Waals surface area contributed by atoms with Gasteiger partial charge in [-0.3, -0.25) is 4.79 Å². The normalized spacial score (nSPS) is 9.82. The van der Waals surface area contributed by atoms with Crippen molar-refractivity contribution in [2.45, 2.75) is 0 Å². The Labute approximate surface area is 109 Å². The zero-order valence-corrected chi connectivity index (χ0v) is 11.5. The maximum atomic E-state index is 11.9. The number of benzene rings is 1. The molecule has 0 saturated carbocycles. The van der Waals surface area contributed by atoms with E-state index in [1.165, 1.54) is 42.8 Å². The van der Waals surface area contributed by atoms with E-state index in [-0.39, 0.29) is 17.1 Å². The first-order valence-corrected chi connectivity index (χ1v) is 7.28. The molecule has 0 aromatic heterocycles. The molecule has 0 aliphatic carbocycles. The minimum absolute atomic E-state index is 0.0628. The highest BCUT2D eigenvalue weighted by Crippen LogP contribution is 2.27. The molecule has 1 aromatic rings. The standard InChI is InChI=1S/C12H14O3S2/c1-15-8-4-5-9(10(13)6-8)11(14)7-12(16-2)17-3/h4-7,13H,1-3H3. The van der Waals surface area contributed by atoms with Crippen molar-refractivity contribution < 1.29 is 14.6 Å². The van der Waals surface area contributed by atoms with Crippen LogP contribution in [0.2, 0.25) is 0 Å². The lowest BCUT2D eigenvalue weighted by atomic mass is 10.1. The van der Waals surface area contributed by atoms with Crippen LogP contribution in [0.1, 0.15) is 10.4 Å². The van der Waals surface area contributed by atoms with E-state index in [1.807, 2.05) is 12.5 Å². The molecule has 0 spiro atoms. The lowest BCUT2D eigenvalue weighted by molar-refractivity contribution is 0.104. The summed E-state index contributed by atoms with van der Waals surface area (Å²) in [4.78, 5) is 11.9. The average Bonchev–Trinajstić information content (AvgIpc) is 2.35. The number of carbonyl (C=O) groups excluding carboxylic acids is 1. The van der Waals surface area contributed by atoms with E-state index in [0.717, 1.165) is 4.24 Å². The van der Waals surface area contributed by atoms with E-state index in [9.17, 15) is 9.90 Å². The Kier molecular flexibility index (Phi) is 5.44. The smallest absolute Gasteiger partial charge is 0.191 e. The van der Waals surface area contributed by atoms with Gasteiger partial charge in [-0.2, -0.15) is 0 Å². The first kappa shape index (κ1) is 14.0. The molecule has 0 atom stereocenters. The highest BCUT2D eigenvalue weighted by Gasteiger charge is 2.10. The molecular formula is C12H14O3S2. The molecule has 0 radical (unpaired) electrons. The number of hydrogen-bond acceptors (Lipinski definition) is 5. The first-order chi connectivity index (χ1) is 8.12. The van der Waals surface area contributed by atoms with Gasteiger partial charge in [0.2, 0.25) is 0 Å². The third kappa shape index (κ3) is 3.71. The third-order valence-electron chi connectivity index (χ3n) is 2.12. The fourth-order valence-electron chi connectivity index (χ4n) is 1.23. The Balaban J connectivity index is 3.01. The summed E-state index contributed by atoms with van der Waals surface area (Å²) < 4.78 is 5.87. The van der Waals surface area contributed by atoms with Crippen molar-refractivity contribution in [3.05, 3.63) is 34.1 Å². The molecule has 0 aliphatic rings. The predicted octanol–water partition coefficient (Wildman–Crippen LogP) is 3.15. The van der Waals surface area contributed by atoms with Gasteiger partial charge in [-0.1, -0.05) is 0 Å². The van der Waals surface area contributed by atoms with Crippen LogP contribution >= 0.6 is 23.5 Å². The van der Waals surface area contributed by atoms with Gasteiger partial charge in [0, 0.05) is 16.4 Å². The summed E-state index contributed by atoms with van der Waals surface area (Å²) in [5, 5.41) is 9.71. The second kappa shape index (κ2) is 6.61. The summed E-state index contributed by atoms with van der Waals surface area (Å²) in [5.41, 5.74) is 0.284. The summed E-state index contributed by atoms with van der Waals surface area (Å²) in [5.74, 6) is 0.258. The van der Waals surface area contributed by atoms with Gasteiger partial charge in [-0.25, -0.2) is 0 Å². The number of hydrogen-bond donors (Lipinski definition) is 1. The highest BCUT2D eigenvalue weighted by molar-refractivity contribution is 8.21. The van der Waals surface area contributed by atoms with E-state index < -0.39 is 0 Å². The number of thioether (sulfide) groups is 2. The lowest BCUT2D eigenvalue weighted by Crippen LogP contribution is -1.96. The third-order valence-corrected chi connectivity index (χ3v) is 4.16. The number of allylic oxidation sites excluding steroid dienone is 1. The zero-order chi connectivity index (χ0) is 12.8. The molecule has 1 N–H and O–H groups in total. The summed E-state index contributed by atoms with van der Waals surface area (Å²) in [7, 11) is 1.51. The van der Waals surface area contributed by atoms with Crippen molar-refractivity contribution in [3.8, 4) is 11.5 Å². The van der Waals surface area contributed by atoms with Crippen LogP contribution in [0.25, 0.3) is 0 Å². The molecule has 0 heterocycles. The minimum Gasteiger partial charge on any atom is -0.507 e. The molecule has 17 heavy (non-hydrogen) atoms. The van der Waals surface area contributed by atoms with E-state index in [0.29, 0.717) is 5.75 Å². The number of ketones is 1. The Morgan fingerprint density at radius 1 is 1.35 bits per heavy atom. The van der Waals surface area contributed by atoms with Crippen molar-refractivity contribution in [3.63, 3.8) is 0 Å². The Hall–Kier alpha value is -1.07. The first-order valence-electron chi connectivity index (χ1n) is 4.83. The van der Waals surface area contributed by atoms with Gasteiger partial charge in [-0.15, -0.1) is 23.5 Å². The number of phenolic OH excluding ortho intramolecular Hbond substituents is 1. The van der Waals surface area contributed by atoms with Crippen molar-refractivity contribution in [2.24, 2.45) is 0 Å². The van der Waals surface area contributed by atoms with E-state index in [2.05, 4.69) is 0 Å². The maximum absolute atomic E-state index is 11.9. The van der Waals surface area contributed by atoms with Crippen LogP contribution in [-0.2, 0) is 0 Å². The highest BCUT2D eigenvalue weighted by atomic mass is 32.2. The number of aromatic hydroxyl groups is 1. The quantitative estimate of drug-likeness (QED) is 0.658. The summed E-state index contributed by atoms with van der Waals surface area (Å²) >= 11 is 3.01. The average molecular weight is 270 g/mol. The van der Waals surface area contributed by atoms with Gasteiger partial charge in [0.15, 0.2) is 5.78 Å². The number of phenols is 1. The molecular weight excluding hydrogens is 256 g/mol. The predicted molar refractivity (Wildman–Crippen MR) is 74.1 cm³/mol. The molecule has 0 bridgehead atoms. The second-order valence-corrected chi connectivity index (χ2v) is 5.07. The van der Waals surface area contributed by atoms with Crippen molar-refractivity contribution >= 4 is 29.3 Å². The van der Waals surface area contributed by atoms with Crippen LogP contribution in [0, 0.1) is 0 Å². The van der Waals surface area contributed by atoms with Gasteiger partial charge in [0.25, 0.3) is 0 Å². The largest absolute Gasteiger partial charge is 0.507 e. The molecule has 1 aromatic carbocycles. The second-order valence-electron chi connectivity index (χ2n) is 3.12. The van der Waals surface area contributed by atoms with E-state index in [4.69, 9.17) is 4.74 Å². The zero-order valence-electron chi connectivity index (χ0n) is 9.89. The van der Waals surface area contributed by atoms with Crippen LogP contribution in [0.4, 0.5) is 0 Å². The molecule has 0 amide bonds. The van der Waals surface area contributed by atoms with Crippen LogP contribution in [0.5, 0.6) is 11.5 Å². The summed E-state index contributed by atoms with van der Waals surface area (Å²) in [6, 6.07) is 4.64. The summed E-state index contributed by atoms with van der Waals surface area (Å²) in [6.45, 7) is 0. The Morgan fingerprint density at radius 3 is 2.47 bits per heavy atom. The maximum Gasteiger partial charge on any atom is 0.191 e. The topological polar surface area (TPSA) is 46.5 Å². The van der Waals surface area contributed by atoms with Crippen LogP contribution in [0.3, 0.4) is 0 Å². The van der Waals surface area contributed by atoms with Gasteiger partial charge in [-0.05, 0) is 24.6 Å². The number of methoxy groups -OCH3 is 1. The molecule has 0 unspecified atom stereocenters. The van der Waals surface area contributed by atoms with Crippen molar-refractivity contribution in [1.82, 2.24) is 0 Å². The minimum atomic E-state index is -0.205. The lowest BCUT2D eigenvalue weighted by Gasteiger charge is -2.05. The molecule has 0 aliphatic heterocycles. The fraction of sp³-hybridized carbons (Fsp3) is 0.250. The van der Waals surface area contributed by atoms with Gasteiger partial charge < -0.3 is 9.84 Å². The van der Waals surface area contributed by atoms with Gasteiger partial charge in [0.1, 0.15) is 11.5 Å². The molecule has 0 saturated heterocycles. The molecule has 3 nitrogen and oxygen atoms in total. The molecule has 1 rings (SSSR count). The monoisotopic (exact) mass is 270 g/mol. The summed E-state index contributed by atoms with van der Waals surface area (Å²) in [6.07, 6.45) is 5.34. The number of ether oxygens (including phenoxy) is 1. The van der Waals surface area contributed by atoms with Gasteiger partial charge >= 0.3 is 0 Å². The molecule has 5 heteroatoms. The van der Waals surface area contributed by atoms with Crippen LogP contribution in [-0.4, -0.2) is 30.5 Å². The molecule has 92 valence electrons. The van der Waals surface area contributed by atoms with Crippen molar-refractivity contribution in [1.29, 1.82) is 0 Å². The van der Waals surface area contributed by atoms with Gasteiger partial charge in [0.05, 0.1) is 12.7 Å². The fourth-order valence-corrected chi connectivity index (χ4v) is 2.35. The van der Waals surface area contributed by atoms with E-state index >= 15 is 0 Å². The number of rotatable bonds is 5. The van der Waals surface area contributed by atoms with Crippen LogP contribution < -0.4 is 4.74 Å². The Bertz CT molecular complexity index is 435. The SMILES string of the molecule is COc1ccc(C(=O)C=C(SC)SC)c(O)c1. The Morgan fingerprint density at radius 2 is 2.00 bits per heavy atom.